The predicted octanol–water partition coefficient (Wildman–Crippen LogP) is 15.4. The van der Waals surface area contributed by atoms with Gasteiger partial charge in [0.2, 0.25) is 0 Å². The van der Waals surface area contributed by atoms with Gasteiger partial charge in [0.1, 0.15) is 0 Å². The van der Waals surface area contributed by atoms with E-state index >= 15 is 0 Å². The van der Waals surface area contributed by atoms with E-state index in [1.807, 2.05) is 0 Å². The maximum absolute atomic E-state index is 2.58. The number of fused-ring (bicyclic) bond motifs is 7. The van der Waals surface area contributed by atoms with E-state index in [1.165, 1.54) is 141 Å². The first-order chi connectivity index (χ1) is 27.0. The lowest BCUT2D eigenvalue weighted by Gasteiger charge is -2.31. The average Bonchev–Trinajstić information content (AvgIpc) is 3.94. The molecular weight excluding hydrogens is 663 g/mol. The lowest BCUT2D eigenvalue weighted by Crippen LogP contribution is -2.17. The molecule has 272 valence electrons. The van der Waals surface area contributed by atoms with Crippen LogP contribution in [-0.2, 0) is 5.41 Å². The topological polar surface area (TPSA) is 3.24 Å². The Balaban J connectivity index is 1.13. The Labute approximate surface area is 327 Å². The van der Waals surface area contributed by atoms with Crippen LogP contribution in [0.25, 0.3) is 43.8 Å². The molecule has 0 aliphatic heterocycles. The van der Waals surface area contributed by atoms with Crippen LogP contribution in [0.3, 0.4) is 0 Å². The first kappa shape index (κ1) is 33.2. The van der Waals surface area contributed by atoms with Crippen LogP contribution >= 0.6 is 0 Å². The van der Waals surface area contributed by atoms with Gasteiger partial charge in [-0.2, -0.15) is 0 Å². The molecule has 1 nitrogen and oxygen atoms in total. The molecule has 3 saturated carbocycles. The van der Waals surface area contributed by atoms with Crippen molar-refractivity contribution in [3.05, 3.63) is 162 Å². The fourth-order valence-electron chi connectivity index (χ4n) is 11.5. The number of hydrogen-bond donors (Lipinski definition) is 0. The van der Waals surface area contributed by atoms with Crippen molar-refractivity contribution >= 4 is 38.6 Å². The van der Waals surface area contributed by atoms with Gasteiger partial charge in [0.05, 0.1) is 5.69 Å². The lowest BCUT2D eigenvalue weighted by atomic mass is 9.81. The van der Waals surface area contributed by atoms with Crippen LogP contribution in [0, 0.1) is 11.8 Å². The van der Waals surface area contributed by atoms with Crippen molar-refractivity contribution in [3.63, 3.8) is 0 Å². The van der Waals surface area contributed by atoms with E-state index in [2.05, 4.69) is 158 Å². The van der Waals surface area contributed by atoms with Gasteiger partial charge in [-0.05, 0) is 159 Å². The van der Waals surface area contributed by atoms with Crippen LogP contribution in [0.2, 0.25) is 0 Å². The largest absolute Gasteiger partial charge is 0.310 e. The Morgan fingerprint density at radius 1 is 0.491 bits per heavy atom. The zero-order valence-electron chi connectivity index (χ0n) is 32.4. The van der Waals surface area contributed by atoms with E-state index < -0.39 is 0 Å². The fourth-order valence-corrected chi connectivity index (χ4v) is 11.5. The van der Waals surface area contributed by atoms with E-state index in [4.69, 9.17) is 0 Å². The van der Waals surface area contributed by atoms with Gasteiger partial charge in [0.15, 0.2) is 0 Å². The van der Waals surface area contributed by atoms with Gasteiger partial charge < -0.3 is 4.90 Å². The Morgan fingerprint density at radius 2 is 1.22 bits per heavy atom. The second kappa shape index (κ2) is 13.0. The van der Waals surface area contributed by atoms with Crippen LogP contribution in [-0.4, -0.2) is 0 Å². The molecule has 3 unspecified atom stereocenters. The Morgan fingerprint density at radius 3 is 2.04 bits per heavy atom. The third-order valence-electron chi connectivity index (χ3n) is 14.5. The molecule has 1 heteroatoms. The summed E-state index contributed by atoms with van der Waals surface area (Å²) in [6.07, 6.45) is 12.4. The third kappa shape index (κ3) is 5.56. The Bertz CT molecular complexity index is 2580. The highest BCUT2D eigenvalue weighted by Crippen LogP contribution is 2.55. The quantitative estimate of drug-likeness (QED) is 0.166. The van der Waals surface area contributed by atoms with Crippen molar-refractivity contribution in [2.24, 2.45) is 11.8 Å². The SMILES string of the molecule is CC1(C)c2ccccc2-c2cc(-c3ccc4ccccc4c3)c(N(c3ccc(C4CC5CCC4C5)cc3)c3ccc4ccc(C5CCCCC5)cc4c3)cc21. The molecule has 0 radical (unpaired) electrons. The standard InChI is InChI=1S/C54H51N/c1-54(2)51-15-9-8-14-47(51)50-33-49(43-21-19-37-12-6-7-13-40(37)30-43)53(34-52(50)54)55(45-25-23-39(24-26-45)48-29-35-16-17-42(48)28-35)46-27-22-38-18-20-41(31-44(38)32-46)36-10-4-3-5-11-36/h6-9,12-15,18-27,30-36,42,48H,3-5,10-11,16-17,28-29H2,1-2H3. The van der Waals surface area contributed by atoms with Crippen LogP contribution in [0.15, 0.2) is 140 Å². The van der Waals surface area contributed by atoms with Crippen molar-refractivity contribution in [2.75, 3.05) is 4.90 Å². The molecule has 0 saturated heterocycles. The number of nitrogens with zero attached hydrogens (tertiary/aromatic N) is 1. The predicted molar refractivity (Wildman–Crippen MR) is 233 cm³/mol. The molecular formula is C54H51N. The van der Waals surface area contributed by atoms with E-state index in [1.54, 1.807) is 0 Å². The lowest BCUT2D eigenvalue weighted by molar-refractivity contribution is 0.420. The summed E-state index contributed by atoms with van der Waals surface area (Å²) in [4.78, 5) is 2.58. The molecule has 3 atom stereocenters. The summed E-state index contributed by atoms with van der Waals surface area (Å²) >= 11 is 0. The van der Waals surface area contributed by atoms with Crippen molar-refractivity contribution in [3.8, 4) is 22.3 Å². The van der Waals surface area contributed by atoms with Gasteiger partial charge in [-0.15, -0.1) is 0 Å². The second-order valence-electron chi connectivity index (χ2n) is 18.0. The molecule has 3 fully saturated rings. The maximum atomic E-state index is 2.58. The molecule has 7 aromatic carbocycles. The molecule has 0 aromatic heterocycles. The zero-order valence-corrected chi connectivity index (χ0v) is 32.4. The molecule has 4 aliphatic carbocycles. The summed E-state index contributed by atoms with van der Waals surface area (Å²) in [6, 6.07) is 54.2. The van der Waals surface area contributed by atoms with Crippen LogP contribution < -0.4 is 4.90 Å². The van der Waals surface area contributed by atoms with Crippen molar-refractivity contribution in [1.29, 1.82) is 0 Å². The molecule has 0 heterocycles. The number of benzene rings is 7. The van der Waals surface area contributed by atoms with E-state index in [0.29, 0.717) is 11.8 Å². The minimum Gasteiger partial charge on any atom is -0.310 e. The molecule has 0 amide bonds. The van der Waals surface area contributed by atoms with Crippen molar-refractivity contribution < 1.29 is 0 Å². The van der Waals surface area contributed by atoms with E-state index in [0.717, 1.165) is 11.8 Å². The van der Waals surface area contributed by atoms with Crippen LogP contribution in [0.1, 0.15) is 106 Å². The molecule has 7 aromatic rings. The minimum absolute atomic E-state index is 0.113. The average molecular weight is 714 g/mol. The van der Waals surface area contributed by atoms with Crippen molar-refractivity contribution in [1.82, 2.24) is 0 Å². The first-order valence-electron chi connectivity index (χ1n) is 21.2. The maximum Gasteiger partial charge on any atom is 0.0543 e. The summed E-state index contributed by atoms with van der Waals surface area (Å²) in [7, 11) is 0. The smallest absolute Gasteiger partial charge is 0.0543 e. The van der Waals surface area contributed by atoms with Gasteiger partial charge in [-0.1, -0.05) is 137 Å². The number of anilines is 3. The van der Waals surface area contributed by atoms with Gasteiger partial charge in [-0.3, -0.25) is 0 Å². The summed E-state index contributed by atoms with van der Waals surface area (Å²) in [6.45, 7) is 4.82. The number of rotatable bonds is 6. The third-order valence-corrected chi connectivity index (χ3v) is 14.5. The second-order valence-corrected chi connectivity index (χ2v) is 18.0. The van der Waals surface area contributed by atoms with Crippen molar-refractivity contribution in [2.45, 2.75) is 88.9 Å². The highest BCUT2D eigenvalue weighted by molar-refractivity contribution is 5.98. The molecule has 55 heavy (non-hydrogen) atoms. The first-order valence-corrected chi connectivity index (χ1v) is 21.2. The highest BCUT2D eigenvalue weighted by atomic mass is 15.1. The van der Waals surface area contributed by atoms with E-state index in [9.17, 15) is 0 Å². The Kier molecular flexibility index (Phi) is 7.84. The molecule has 0 spiro atoms. The van der Waals surface area contributed by atoms with Gasteiger partial charge in [-0.25, -0.2) is 0 Å². The van der Waals surface area contributed by atoms with Gasteiger partial charge in [0.25, 0.3) is 0 Å². The monoisotopic (exact) mass is 713 g/mol. The summed E-state index contributed by atoms with van der Waals surface area (Å²) < 4.78 is 0. The van der Waals surface area contributed by atoms with Gasteiger partial charge in [0, 0.05) is 22.4 Å². The minimum atomic E-state index is -0.113. The molecule has 4 aliphatic rings. The zero-order chi connectivity index (χ0) is 36.7. The number of hydrogen-bond acceptors (Lipinski definition) is 1. The Hall–Kier alpha value is -5.14. The van der Waals surface area contributed by atoms with Gasteiger partial charge >= 0.3 is 0 Å². The normalized spacial score (nSPS) is 21.2. The summed E-state index contributed by atoms with van der Waals surface area (Å²) in [5, 5.41) is 5.20. The molecule has 2 bridgehead atoms. The summed E-state index contributed by atoms with van der Waals surface area (Å²) in [5.74, 6) is 3.19. The fraction of sp³-hybridized carbons (Fsp3) is 0.296. The highest BCUT2D eigenvalue weighted by Gasteiger charge is 2.40. The summed E-state index contributed by atoms with van der Waals surface area (Å²) in [5.41, 5.74) is 14.7. The molecule has 0 N–H and O–H groups in total. The van der Waals surface area contributed by atoms with Crippen LogP contribution in [0.4, 0.5) is 17.1 Å². The molecule has 11 rings (SSSR count). The van der Waals surface area contributed by atoms with E-state index in [-0.39, 0.29) is 5.41 Å². The van der Waals surface area contributed by atoms with Crippen LogP contribution in [0.5, 0.6) is 0 Å².